The van der Waals surface area contributed by atoms with Gasteiger partial charge < -0.3 is 10.1 Å². The van der Waals surface area contributed by atoms with Crippen LogP contribution in [0, 0.1) is 23.7 Å². The van der Waals surface area contributed by atoms with Crippen LogP contribution >= 0.6 is 0 Å². The highest BCUT2D eigenvalue weighted by atomic mass is 19.3. The molecule has 0 aromatic carbocycles. The molecule has 2 bridgehead atoms. The zero-order valence-corrected chi connectivity index (χ0v) is 12.2. The molecule has 1 N–H and O–H groups in total. The molecule has 0 spiro atoms. The largest absolute Gasteiger partial charge is 0.459 e. The molecule has 0 aromatic heterocycles. The van der Waals surface area contributed by atoms with Crippen molar-refractivity contribution in [3.05, 3.63) is 12.2 Å². The van der Waals surface area contributed by atoms with E-state index in [4.69, 9.17) is 0 Å². The molecule has 3 rings (SSSR count). The summed E-state index contributed by atoms with van der Waals surface area (Å²) in [5.74, 6) is -7.61. The molecular formula is C15H17F4NO3. The summed E-state index contributed by atoms with van der Waals surface area (Å²) >= 11 is 0. The first kappa shape index (κ1) is 16.3. The van der Waals surface area contributed by atoms with Crippen molar-refractivity contribution in [2.75, 3.05) is 6.61 Å². The van der Waals surface area contributed by atoms with Crippen molar-refractivity contribution in [2.45, 2.75) is 37.7 Å². The van der Waals surface area contributed by atoms with E-state index in [0.717, 1.165) is 12.8 Å². The molecule has 0 heterocycles. The first-order valence-electron chi connectivity index (χ1n) is 7.61. The molecule has 3 aliphatic rings. The molecule has 1 amide bonds. The number of ether oxygens (including phenoxy) is 1. The first-order chi connectivity index (χ1) is 10.8. The number of alkyl halides is 4. The van der Waals surface area contributed by atoms with E-state index in [1.54, 1.807) is 6.08 Å². The quantitative estimate of drug-likeness (QED) is 0.460. The van der Waals surface area contributed by atoms with Crippen LogP contribution in [0.2, 0.25) is 0 Å². The minimum atomic E-state index is -4.38. The highest BCUT2D eigenvalue weighted by Crippen LogP contribution is 2.49. The summed E-state index contributed by atoms with van der Waals surface area (Å²) in [5.41, 5.74) is 0. The van der Waals surface area contributed by atoms with Crippen LogP contribution in [0.25, 0.3) is 0 Å². The Morgan fingerprint density at radius 1 is 1.17 bits per heavy atom. The van der Waals surface area contributed by atoms with Gasteiger partial charge in [-0.25, -0.2) is 8.78 Å². The van der Waals surface area contributed by atoms with E-state index in [0.29, 0.717) is 6.42 Å². The molecule has 0 saturated heterocycles. The van der Waals surface area contributed by atoms with Gasteiger partial charge in [-0.15, -0.1) is 0 Å². The molecule has 8 heteroatoms. The fraction of sp³-hybridized carbons (Fsp3) is 0.733. The number of allylic oxidation sites excluding steroid dienone is 2. The van der Waals surface area contributed by atoms with Crippen molar-refractivity contribution in [2.24, 2.45) is 23.7 Å². The summed E-state index contributed by atoms with van der Waals surface area (Å²) < 4.78 is 54.5. The van der Waals surface area contributed by atoms with Crippen molar-refractivity contribution >= 4 is 11.9 Å². The first-order valence-corrected chi connectivity index (χ1v) is 7.61. The Kier molecular flexibility index (Phi) is 4.10. The van der Waals surface area contributed by atoms with Crippen LogP contribution in [-0.2, 0) is 14.3 Å². The van der Waals surface area contributed by atoms with Gasteiger partial charge in [-0.1, -0.05) is 12.2 Å². The lowest BCUT2D eigenvalue weighted by Gasteiger charge is -2.26. The number of halogens is 4. The average Bonchev–Trinajstić information content (AvgIpc) is 3.06. The number of amides is 1. The standard InChI is InChI=1S/C15H17F4NO3/c16-14(17)15(18,19)6-23-13(22)11-8-2-1-7(5-8)10(11)12(21)20-9-3-4-9/h1-2,7-11,14H,3-6H2,(H,20,21)/t7-,8-,10+,11-/m0/s1. The Morgan fingerprint density at radius 2 is 1.78 bits per heavy atom. The van der Waals surface area contributed by atoms with Gasteiger partial charge in [-0.3, -0.25) is 9.59 Å². The highest BCUT2D eigenvalue weighted by molar-refractivity contribution is 5.87. The van der Waals surface area contributed by atoms with Gasteiger partial charge in [0.25, 0.3) is 0 Å². The molecule has 3 aliphatic carbocycles. The van der Waals surface area contributed by atoms with E-state index in [2.05, 4.69) is 10.1 Å². The Morgan fingerprint density at radius 3 is 2.35 bits per heavy atom. The van der Waals surface area contributed by atoms with Crippen LogP contribution in [-0.4, -0.2) is 36.9 Å². The fourth-order valence-corrected chi connectivity index (χ4v) is 3.35. The second-order valence-electron chi connectivity index (χ2n) is 6.45. The number of carbonyl (C=O) groups excluding carboxylic acids is 2. The molecule has 0 aliphatic heterocycles. The molecule has 4 nitrogen and oxygen atoms in total. The maximum Gasteiger partial charge on any atom is 0.340 e. The number of carbonyl (C=O) groups is 2. The van der Waals surface area contributed by atoms with Gasteiger partial charge >= 0.3 is 18.3 Å². The molecule has 0 radical (unpaired) electrons. The summed E-state index contributed by atoms with van der Waals surface area (Å²) in [7, 11) is 0. The average molecular weight is 335 g/mol. The second kappa shape index (κ2) is 5.79. The third-order valence-corrected chi connectivity index (χ3v) is 4.68. The van der Waals surface area contributed by atoms with E-state index in [9.17, 15) is 27.2 Å². The van der Waals surface area contributed by atoms with Gasteiger partial charge in [0.15, 0.2) is 6.61 Å². The van der Waals surface area contributed by atoms with Crippen LogP contribution in [0.3, 0.4) is 0 Å². The number of hydrogen-bond donors (Lipinski definition) is 1. The minimum absolute atomic E-state index is 0.116. The number of rotatable bonds is 6. The summed E-state index contributed by atoms with van der Waals surface area (Å²) in [4.78, 5) is 24.4. The number of nitrogens with one attached hydrogen (secondary N) is 1. The molecule has 23 heavy (non-hydrogen) atoms. The predicted molar refractivity (Wildman–Crippen MR) is 70.8 cm³/mol. The van der Waals surface area contributed by atoms with Gasteiger partial charge in [0.2, 0.25) is 5.91 Å². The number of fused-ring (bicyclic) bond motifs is 2. The van der Waals surface area contributed by atoms with Crippen LogP contribution in [0.15, 0.2) is 12.2 Å². The van der Waals surface area contributed by atoms with Crippen molar-refractivity contribution in [1.29, 1.82) is 0 Å². The van der Waals surface area contributed by atoms with Crippen LogP contribution in [0.1, 0.15) is 19.3 Å². The maximum atomic E-state index is 12.9. The third-order valence-electron chi connectivity index (χ3n) is 4.68. The van der Waals surface area contributed by atoms with Gasteiger partial charge in [0.1, 0.15) is 0 Å². The Bertz CT molecular complexity index is 533. The molecule has 0 unspecified atom stereocenters. The lowest BCUT2D eigenvalue weighted by Crippen LogP contribution is -2.42. The number of hydrogen-bond acceptors (Lipinski definition) is 3. The molecule has 2 saturated carbocycles. The summed E-state index contributed by atoms with van der Waals surface area (Å²) in [6.45, 7) is -1.67. The zero-order chi connectivity index (χ0) is 16.8. The van der Waals surface area contributed by atoms with Crippen molar-refractivity contribution in [1.82, 2.24) is 5.32 Å². The van der Waals surface area contributed by atoms with Gasteiger partial charge in [-0.05, 0) is 31.1 Å². The topological polar surface area (TPSA) is 55.4 Å². The van der Waals surface area contributed by atoms with Gasteiger partial charge in [0, 0.05) is 6.04 Å². The van der Waals surface area contributed by atoms with Crippen LogP contribution in [0.5, 0.6) is 0 Å². The molecule has 2 fully saturated rings. The second-order valence-corrected chi connectivity index (χ2v) is 6.45. The van der Waals surface area contributed by atoms with Gasteiger partial charge in [0.05, 0.1) is 11.8 Å². The summed E-state index contributed by atoms with van der Waals surface area (Å²) in [6, 6.07) is 0.116. The Labute approximate surface area is 130 Å². The lowest BCUT2D eigenvalue weighted by molar-refractivity contribution is -0.184. The van der Waals surface area contributed by atoms with E-state index >= 15 is 0 Å². The van der Waals surface area contributed by atoms with E-state index < -0.39 is 36.8 Å². The Balaban J connectivity index is 1.65. The fourth-order valence-electron chi connectivity index (χ4n) is 3.35. The summed E-state index contributed by atoms with van der Waals surface area (Å²) in [6.07, 6.45) is 2.07. The number of esters is 1. The van der Waals surface area contributed by atoms with Crippen LogP contribution < -0.4 is 5.32 Å². The normalized spacial score (nSPS) is 32.4. The van der Waals surface area contributed by atoms with Crippen molar-refractivity contribution in [3.8, 4) is 0 Å². The molecule has 0 aromatic rings. The predicted octanol–water partition coefficient (Wildman–Crippen LogP) is 2.15. The van der Waals surface area contributed by atoms with Gasteiger partial charge in [-0.2, -0.15) is 8.78 Å². The third kappa shape index (κ3) is 3.21. The van der Waals surface area contributed by atoms with E-state index in [1.807, 2.05) is 6.08 Å². The van der Waals surface area contributed by atoms with E-state index in [1.165, 1.54) is 0 Å². The van der Waals surface area contributed by atoms with Crippen LogP contribution in [0.4, 0.5) is 17.6 Å². The smallest absolute Gasteiger partial charge is 0.340 e. The Hall–Kier alpha value is -1.60. The zero-order valence-electron chi connectivity index (χ0n) is 12.2. The van der Waals surface area contributed by atoms with E-state index in [-0.39, 0.29) is 23.8 Å². The lowest BCUT2D eigenvalue weighted by atomic mass is 9.82. The monoisotopic (exact) mass is 335 g/mol. The SMILES string of the molecule is O=C(OCC(F)(F)C(F)F)[C@@H]1[C@H](C(=O)NC2CC2)[C@H]2C=C[C@H]1C2. The van der Waals surface area contributed by atoms with Crippen molar-refractivity contribution < 1.29 is 31.9 Å². The molecule has 4 atom stereocenters. The highest BCUT2D eigenvalue weighted by Gasteiger charge is 2.53. The van der Waals surface area contributed by atoms with Crippen molar-refractivity contribution in [3.63, 3.8) is 0 Å². The molecule has 128 valence electrons. The maximum absolute atomic E-state index is 12.9. The minimum Gasteiger partial charge on any atom is -0.459 e. The summed E-state index contributed by atoms with van der Waals surface area (Å²) in [5, 5.41) is 2.81. The molecular weight excluding hydrogens is 318 g/mol.